The van der Waals surface area contributed by atoms with Crippen molar-refractivity contribution in [2.45, 2.75) is 13.5 Å². The van der Waals surface area contributed by atoms with Crippen LogP contribution in [0.3, 0.4) is 0 Å². The summed E-state index contributed by atoms with van der Waals surface area (Å²) in [5.74, 6) is -0.769. The highest BCUT2D eigenvalue weighted by Crippen LogP contribution is 2.38. The average molecular weight is 701 g/mol. The number of amides is 3. The maximum atomic E-state index is 13.4. The van der Waals surface area contributed by atoms with E-state index in [9.17, 15) is 18.8 Å². The van der Waals surface area contributed by atoms with Crippen molar-refractivity contribution in [2.75, 3.05) is 18.5 Å². The molecule has 12 heteroatoms. The Morgan fingerprint density at radius 2 is 1.90 bits per heavy atom. The molecule has 39 heavy (non-hydrogen) atoms. The van der Waals surface area contributed by atoms with E-state index in [1.807, 2.05) is 13.0 Å². The van der Waals surface area contributed by atoms with Gasteiger partial charge in [-0.25, -0.2) is 4.39 Å². The molecule has 202 valence electrons. The predicted octanol–water partition coefficient (Wildman–Crippen LogP) is 7.39. The molecule has 1 aliphatic heterocycles. The van der Waals surface area contributed by atoms with Crippen molar-refractivity contribution in [2.24, 2.45) is 0 Å². The lowest BCUT2D eigenvalue weighted by atomic mass is 10.1. The minimum atomic E-state index is -0.624. The number of nitrogens with one attached hydrogen (secondary N) is 1. The summed E-state index contributed by atoms with van der Waals surface area (Å²) in [6, 6.07) is 14.0. The van der Waals surface area contributed by atoms with E-state index in [1.54, 1.807) is 30.3 Å². The number of ether oxygens (including phenoxy) is 2. The molecule has 0 saturated carbocycles. The third-order valence-corrected chi connectivity index (χ3v) is 7.73. The summed E-state index contributed by atoms with van der Waals surface area (Å²) in [5, 5.41) is 2.77. The zero-order valence-electron chi connectivity index (χ0n) is 20.3. The Hall–Kier alpha value is -2.80. The normalized spacial score (nSPS) is 14.2. The molecular weight excluding hydrogens is 681 g/mol. The van der Waals surface area contributed by atoms with E-state index >= 15 is 0 Å². The third-order valence-electron chi connectivity index (χ3n) is 5.28. The van der Waals surface area contributed by atoms with Gasteiger partial charge in [0.2, 0.25) is 5.91 Å². The van der Waals surface area contributed by atoms with Crippen molar-refractivity contribution in [3.05, 3.63) is 90.1 Å². The predicted molar refractivity (Wildman–Crippen MR) is 159 cm³/mol. The molecule has 3 aromatic carbocycles. The fourth-order valence-corrected chi connectivity index (χ4v) is 5.50. The standard InChI is InChI=1S/C27H20Cl2FIN2O5S/c1-2-37-22-10-16(9-21(31)25(22)38-14-15-6-7-19(28)20(29)8-15)11-23-26(35)33(27(36)39-23)13-24(34)32-18-5-3-4-17(30)12-18/h3-12H,2,13-14H2,1H3,(H,32,34)/b23-11+. The molecule has 1 N–H and O–H groups in total. The monoisotopic (exact) mass is 700 g/mol. The van der Waals surface area contributed by atoms with Crippen LogP contribution in [0.5, 0.6) is 11.5 Å². The number of anilines is 1. The highest BCUT2D eigenvalue weighted by Gasteiger charge is 2.36. The van der Waals surface area contributed by atoms with Gasteiger partial charge in [0.05, 0.1) is 25.1 Å². The molecule has 4 rings (SSSR count). The van der Waals surface area contributed by atoms with Gasteiger partial charge in [0.1, 0.15) is 19.0 Å². The van der Waals surface area contributed by atoms with Crippen LogP contribution in [0, 0.1) is 9.39 Å². The van der Waals surface area contributed by atoms with Crippen molar-refractivity contribution in [3.63, 3.8) is 0 Å². The van der Waals surface area contributed by atoms with Crippen molar-refractivity contribution in [1.82, 2.24) is 4.90 Å². The number of rotatable bonds is 9. The van der Waals surface area contributed by atoms with Crippen LogP contribution in [0.1, 0.15) is 18.1 Å². The number of nitrogens with zero attached hydrogens (tertiary/aromatic N) is 1. The fraction of sp³-hybridized carbons (Fsp3) is 0.148. The first-order valence-electron chi connectivity index (χ1n) is 11.5. The second-order valence-corrected chi connectivity index (χ2v) is 11.1. The van der Waals surface area contributed by atoms with Gasteiger partial charge in [-0.05, 0) is 101 Å². The second kappa shape index (κ2) is 13.0. The topological polar surface area (TPSA) is 84.9 Å². The molecule has 1 saturated heterocycles. The number of benzene rings is 3. The number of carbonyl (C=O) groups excluding carboxylic acids is 3. The van der Waals surface area contributed by atoms with Crippen LogP contribution in [-0.2, 0) is 16.2 Å². The summed E-state index contributed by atoms with van der Waals surface area (Å²) in [5.41, 5.74) is 1.66. The maximum Gasteiger partial charge on any atom is 0.294 e. The second-order valence-electron chi connectivity index (χ2n) is 8.13. The number of hydrogen-bond donors (Lipinski definition) is 1. The Bertz CT molecular complexity index is 1490. The summed E-state index contributed by atoms with van der Waals surface area (Å²) in [7, 11) is 0. The smallest absolute Gasteiger partial charge is 0.294 e. The lowest BCUT2D eigenvalue weighted by molar-refractivity contribution is -0.127. The Kier molecular flexibility index (Phi) is 9.76. The molecule has 1 heterocycles. The molecule has 3 aromatic rings. The molecule has 0 radical (unpaired) electrons. The molecule has 1 aliphatic rings. The van der Waals surface area contributed by atoms with E-state index in [-0.39, 0.29) is 17.2 Å². The minimum absolute atomic E-state index is 0.154. The van der Waals surface area contributed by atoms with Gasteiger partial charge in [-0.15, -0.1) is 0 Å². The zero-order chi connectivity index (χ0) is 28.1. The van der Waals surface area contributed by atoms with E-state index in [1.165, 1.54) is 18.2 Å². The highest BCUT2D eigenvalue weighted by atomic mass is 127. The Morgan fingerprint density at radius 1 is 1.10 bits per heavy atom. The molecular formula is C27H20Cl2FIN2O5S. The highest BCUT2D eigenvalue weighted by molar-refractivity contribution is 14.1. The van der Waals surface area contributed by atoms with E-state index < -0.39 is 29.4 Å². The van der Waals surface area contributed by atoms with Crippen LogP contribution in [0.2, 0.25) is 10.0 Å². The third kappa shape index (κ3) is 7.44. The maximum absolute atomic E-state index is 13.4. The van der Waals surface area contributed by atoms with Crippen LogP contribution >= 0.6 is 57.6 Å². The Labute approximate surface area is 251 Å². The van der Waals surface area contributed by atoms with Gasteiger partial charge < -0.3 is 14.8 Å². The number of imide groups is 1. The first kappa shape index (κ1) is 29.2. The van der Waals surface area contributed by atoms with Gasteiger partial charge in [-0.2, -0.15) is 0 Å². The quantitative estimate of drug-likeness (QED) is 0.185. The van der Waals surface area contributed by atoms with Crippen LogP contribution in [0.15, 0.2) is 59.5 Å². The first-order valence-corrected chi connectivity index (χ1v) is 14.1. The molecule has 7 nitrogen and oxygen atoms in total. The number of thioether (sulfide) groups is 1. The lowest BCUT2D eigenvalue weighted by Crippen LogP contribution is -2.36. The van der Waals surface area contributed by atoms with Crippen molar-refractivity contribution >= 4 is 86.4 Å². The summed E-state index contributed by atoms with van der Waals surface area (Å²) in [6.07, 6.45) is 1.56. The fourth-order valence-electron chi connectivity index (χ4n) is 3.56. The van der Waals surface area contributed by atoms with Crippen molar-refractivity contribution in [3.8, 4) is 11.5 Å². The van der Waals surface area contributed by atoms with Gasteiger partial charge in [-0.3, -0.25) is 19.3 Å². The van der Waals surface area contributed by atoms with Crippen LogP contribution in [0.25, 0.3) is 6.08 Å². The summed E-state index contributed by atoms with van der Waals surface area (Å²) in [6.45, 7) is 1.94. The number of carbonyl (C=O) groups is 3. The van der Waals surface area contributed by atoms with Crippen LogP contribution in [-0.4, -0.2) is 35.1 Å². The zero-order valence-corrected chi connectivity index (χ0v) is 24.8. The number of halogens is 4. The summed E-state index contributed by atoms with van der Waals surface area (Å²) < 4.78 is 25.9. The average Bonchev–Trinajstić information content (AvgIpc) is 3.13. The SMILES string of the molecule is CCOc1cc(/C=C2/SC(=O)N(CC(=O)Nc3cccc(F)c3)C2=O)cc(I)c1OCc1ccc(Cl)c(Cl)c1. The van der Waals surface area contributed by atoms with Crippen LogP contribution < -0.4 is 14.8 Å². The first-order chi connectivity index (χ1) is 18.6. The number of hydrogen-bond acceptors (Lipinski definition) is 6. The molecule has 3 amide bonds. The lowest BCUT2D eigenvalue weighted by Gasteiger charge is -2.15. The van der Waals surface area contributed by atoms with Gasteiger partial charge in [-0.1, -0.05) is 35.3 Å². The Balaban J connectivity index is 1.49. The molecule has 0 unspecified atom stereocenters. The van der Waals surface area contributed by atoms with Crippen molar-refractivity contribution in [1.29, 1.82) is 0 Å². The molecule has 0 aliphatic carbocycles. The van der Waals surface area contributed by atoms with E-state index in [0.717, 1.165) is 31.9 Å². The van der Waals surface area contributed by atoms with E-state index in [4.69, 9.17) is 32.7 Å². The molecule has 0 aromatic heterocycles. The van der Waals surface area contributed by atoms with Gasteiger partial charge in [0, 0.05) is 5.69 Å². The largest absolute Gasteiger partial charge is 0.490 e. The minimum Gasteiger partial charge on any atom is -0.490 e. The molecule has 0 bridgehead atoms. The van der Waals surface area contributed by atoms with Gasteiger partial charge in [0.15, 0.2) is 11.5 Å². The molecule has 0 atom stereocenters. The summed E-state index contributed by atoms with van der Waals surface area (Å²) in [4.78, 5) is 38.8. The van der Waals surface area contributed by atoms with Gasteiger partial charge >= 0.3 is 0 Å². The van der Waals surface area contributed by atoms with E-state index in [0.29, 0.717) is 33.7 Å². The molecule has 0 spiro atoms. The summed E-state index contributed by atoms with van der Waals surface area (Å²) >= 11 is 14.9. The van der Waals surface area contributed by atoms with Crippen LogP contribution in [0.4, 0.5) is 14.9 Å². The molecule has 1 fully saturated rings. The van der Waals surface area contributed by atoms with Gasteiger partial charge in [0.25, 0.3) is 11.1 Å². The van der Waals surface area contributed by atoms with Crippen molar-refractivity contribution < 1.29 is 28.2 Å². The Morgan fingerprint density at radius 3 is 2.62 bits per heavy atom. The van der Waals surface area contributed by atoms with E-state index in [2.05, 4.69) is 27.9 Å².